The number of carbonyl (C=O) groups is 1. The van der Waals surface area contributed by atoms with E-state index in [9.17, 15) is 18.0 Å². The maximum absolute atomic E-state index is 12.4. The molecule has 1 fully saturated rings. The van der Waals surface area contributed by atoms with Crippen molar-refractivity contribution in [1.82, 2.24) is 4.98 Å². The van der Waals surface area contributed by atoms with Crippen LogP contribution in [0.3, 0.4) is 0 Å². The predicted octanol–water partition coefficient (Wildman–Crippen LogP) is 1.80. The molecule has 2 heterocycles. The summed E-state index contributed by atoms with van der Waals surface area (Å²) >= 11 is 0. The SMILES string of the molecule is NC(=O)[C@H]1CCCN(c2ccc(C(F)(F)F)cn2)C1. The van der Waals surface area contributed by atoms with Crippen molar-refractivity contribution in [2.24, 2.45) is 11.7 Å². The van der Waals surface area contributed by atoms with Gasteiger partial charge in [-0.15, -0.1) is 0 Å². The molecule has 0 radical (unpaired) electrons. The summed E-state index contributed by atoms with van der Waals surface area (Å²) in [5.74, 6) is -0.201. The van der Waals surface area contributed by atoms with Gasteiger partial charge in [-0.05, 0) is 25.0 Å². The van der Waals surface area contributed by atoms with Gasteiger partial charge in [0.2, 0.25) is 5.91 Å². The lowest BCUT2D eigenvalue weighted by atomic mass is 9.97. The maximum Gasteiger partial charge on any atom is 0.417 e. The van der Waals surface area contributed by atoms with E-state index < -0.39 is 11.7 Å². The fraction of sp³-hybridized carbons (Fsp3) is 0.500. The van der Waals surface area contributed by atoms with Gasteiger partial charge in [-0.25, -0.2) is 4.98 Å². The molecule has 1 aliphatic rings. The molecule has 104 valence electrons. The van der Waals surface area contributed by atoms with Gasteiger partial charge >= 0.3 is 6.18 Å². The summed E-state index contributed by atoms with van der Waals surface area (Å²) < 4.78 is 37.2. The Morgan fingerprint density at radius 2 is 2.16 bits per heavy atom. The van der Waals surface area contributed by atoms with E-state index in [1.54, 1.807) is 4.90 Å². The monoisotopic (exact) mass is 273 g/mol. The number of hydrogen-bond acceptors (Lipinski definition) is 3. The van der Waals surface area contributed by atoms with Crippen molar-refractivity contribution in [2.75, 3.05) is 18.0 Å². The number of hydrogen-bond donors (Lipinski definition) is 1. The van der Waals surface area contributed by atoms with E-state index in [2.05, 4.69) is 4.98 Å². The second-order valence-electron chi connectivity index (χ2n) is 4.59. The number of aromatic nitrogens is 1. The summed E-state index contributed by atoms with van der Waals surface area (Å²) in [6, 6.07) is 2.32. The number of alkyl halides is 3. The lowest BCUT2D eigenvalue weighted by Crippen LogP contribution is -2.41. The van der Waals surface area contributed by atoms with Gasteiger partial charge in [-0.2, -0.15) is 13.2 Å². The van der Waals surface area contributed by atoms with Gasteiger partial charge in [0.15, 0.2) is 0 Å². The van der Waals surface area contributed by atoms with E-state index in [4.69, 9.17) is 5.73 Å². The van der Waals surface area contributed by atoms with Crippen LogP contribution in [0.15, 0.2) is 18.3 Å². The molecule has 7 heteroatoms. The number of rotatable bonds is 2. The molecule has 1 aliphatic heterocycles. The normalized spacial score (nSPS) is 20.4. The third-order valence-electron chi connectivity index (χ3n) is 3.22. The molecule has 1 aromatic rings. The highest BCUT2D eigenvalue weighted by Crippen LogP contribution is 2.30. The number of halogens is 3. The number of pyridine rings is 1. The Hall–Kier alpha value is -1.79. The number of nitrogens with zero attached hydrogens (tertiary/aromatic N) is 2. The highest BCUT2D eigenvalue weighted by Gasteiger charge is 2.31. The first-order valence-electron chi connectivity index (χ1n) is 5.95. The van der Waals surface area contributed by atoms with Crippen LogP contribution in [0, 0.1) is 5.92 Å². The van der Waals surface area contributed by atoms with Crippen molar-refractivity contribution >= 4 is 11.7 Å². The molecule has 2 N–H and O–H groups in total. The fourth-order valence-corrected chi connectivity index (χ4v) is 2.16. The predicted molar refractivity (Wildman–Crippen MR) is 63.4 cm³/mol. The van der Waals surface area contributed by atoms with Crippen LogP contribution < -0.4 is 10.6 Å². The van der Waals surface area contributed by atoms with Crippen molar-refractivity contribution in [1.29, 1.82) is 0 Å². The lowest BCUT2D eigenvalue weighted by molar-refractivity contribution is -0.137. The van der Waals surface area contributed by atoms with Gasteiger partial charge in [0, 0.05) is 19.3 Å². The molecule has 0 bridgehead atoms. The Balaban J connectivity index is 2.12. The number of piperidine rings is 1. The summed E-state index contributed by atoms with van der Waals surface area (Å²) in [6.45, 7) is 1.08. The maximum atomic E-state index is 12.4. The molecule has 19 heavy (non-hydrogen) atoms. The van der Waals surface area contributed by atoms with Crippen LogP contribution in [-0.4, -0.2) is 24.0 Å². The highest BCUT2D eigenvalue weighted by atomic mass is 19.4. The van der Waals surface area contributed by atoms with Crippen LogP contribution >= 0.6 is 0 Å². The topological polar surface area (TPSA) is 59.2 Å². The van der Waals surface area contributed by atoms with E-state index >= 15 is 0 Å². The number of amides is 1. The van der Waals surface area contributed by atoms with Crippen LogP contribution in [0.1, 0.15) is 18.4 Å². The molecule has 0 spiro atoms. The Labute approximate surface area is 108 Å². The molecule has 0 aliphatic carbocycles. The van der Waals surface area contributed by atoms with Gasteiger partial charge in [-0.3, -0.25) is 4.79 Å². The smallest absolute Gasteiger partial charge is 0.369 e. The number of primary amides is 1. The zero-order valence-electron chi connectivity index (χ0n) is 10.2. The molecule has 1 amide bonds. The summed E-state index contributed by atoms with van der Waals surface area (Å²) in [5, 5.41) is 0. The average Bonchev–Trinajstić information content (AvgIpc) is 2.38. The first-order chi connectivity index (χ1) is 8.88. The minimum Gasteiger partial charge on any atom is -0.369 e. The van der Waals surface area contributed by atoms with Crippen molar-refractivity contribution < 1.29 is 18.0 Å². The summed E-state index contributed by atoms with van der Waals surface area (Å²) in [5.41, 5.74) is 4.48. The van der Waals surface area contributed by atoms with Gasteiger partial charge < -0.3 is 10.6 Å². The zero-order chi connectivity index (χ0) is 14.0. The molecule has 4 nitrogen and oxygen atoms in total. The molecule has 0 aromatic carbocycles. The van der Waals surface area contributed by atoms with Crippen molar-refractivity contribution in [3.8, 4) is 0 Å². The fourth-order valence-electron chi connectivity index (χ4n) is 2.16. The van der Waals surface area contributed by atoms with Gasteiger partial charge in [0.25, 0.3) is 0 Å². The summed E-state index contributed by atoms with van der Waals surface area (Å²) in [4.78, 5) is 16.8. The van der Waals surface area contributed by atoms with E-state index in [0.29, 0.717) is 25.3 Å². The largest absolute Gasteiger partial charge is 0.417 e. The minimum absolute atomic E-state index is 0.266. The Morgan fingerprint density at radius 1 is 1.42 bits per heavy atom. The first kappa shape index (κ1) is 13.6. The molecule has 1 atom stereocenters. The highest BCUT2D eigenvalue weighted by molar-refractivity contribution is 5.77. The first-order valence-corrected chi connectivity index (χ1v) is 5.95. The summed E-state index contributed by atoms with van der Waals surface area (Å²) in [7, 11) is 0. The lowest BCUT2D eigenvalue weighted by Gasteiger charge is -2.32. The van der Waals surface area contributed by atoms with Crippen molar-refractivity contribution in [3.05, 3.63) is 23.9 Å². The summed E-state index contributed by atoms with van der Waals surface area (Å²) in [6.07, 6.45) is -2.09. The Bertz CT molecular complexity index is 458. The Kier molecular flexibility index (Phi) is 3.64. The minimum atomic E-state index is -4.39. The molecule has 0 saturated carbocycles. The third-order valence-corrected chi connectivity index (χ3v) is 3.22. The van der Waals surface area contributed by atoms with E-state index in [0.717, 1.165) is 18.7 Å². The number of anilines is 1. The van der Waals surface area contributed by atoms with Crippen LogP contribution in [0.4, 0.5) is 19.0 Å². The second-order valence-corrected chi connectivity index (χ2v) is 4.59. The zero-order valence-corrected chi connectivity index (χ0v) is 10.2. The molecule has 1 saturated heterocycles. The average molecular weight is 273 g/mol. The number of carbonyl (C=O) groups excluding carboxylic acids is 1. The van der Waals surface area contributed by atoms with Crippen LogP contribution in [-0.2, 0) is 11.0 Å². The molecule has 1 aromatic heterocycles. The van der Waals surface area contributed by atoms with E-state index in [-0.39, 0.29) is 11.8 Å². The molecule has 0 unspecified atom stereocenters. The van der Waals surface area contributed by atoms with Crippen molar-refractivity contribution in [2.45, 2.75) is 19.0 Å². The van der Waals surface area contributed by atoms with Gasteiger partial charge in [0.05, 0.1) is 11.5 Å². The van der Waals surface area contributed by atoms with Crippen LogP contribution in [0.2, 0.25) is 0 Å². The van der Waals surface area contributed by atoms with Gasteiger partial charge in [0.1, 0.15) is 5.82 Å². The van der Waals surface area contributed by atoms with Crippen LogP contribution in [0.5, 0.6) is 0 Å². The molecular formula is C12H14F3N3O. The standard InChI is InChI=1S/C12H14F3N3O/c13-12(14,15)9-3-4-10(17-6-9)18-5-1-2-8(7-18)11(16)19/h3-4,6,8H,1-2,5,7H2,(H2,16,19)/t8-/m0/s1. The number of nitrogens with two attached hydrogens (primary N) is 1. The second kappa shape index (κ2) is 5.07. The van der Waals surface area contributed by atoms with E-state index in [1.165, 1.54) is 6.07 Å². The molecular weight excluding hydrogens is 259 g/mol. The van der Waals surface area contributed by atoms with E-state index in [1.807, 2.05) is 0 Å². The molecule has 2 rings (SSSR count). The third kappa shape index (κ3) is 3.15. The van der Waals surface area contributed by atoms with Crippen LogP contribution in [0.25, 0.3) is 0 Å². The van der Waals surface area contributed by atoms with Gasteiger partial charge in [-0.1, -0.05) is 0 Å². The van der Waals surface area contributed by atoms with Crippen molar-refractivity contribution in [3.63, 3.8) is 0 Å². The quantitative estimate of drug-likeness (QED) is 0.894. The Morgan fingerprint density at radius 3 is 2.68 bits per heavy atom.